The van der Waals surface area contributed by atoms with Crippen molar-refractivity contribution in [1.29, 1.82) is 5.26 Å². The van der Waals surface area contributed by atoms with Gasteiger partial charge in [-0.25, -0.2) is 15.2 Å². The highest BCUT2D eigenvalue weighted by molar-refractivity contribution is 6.67. The molecule has 1 unspecified atom stereocenters. The molecule has 3 heterocycles. The zero-order chi connectivity index (χ0) is 15.0. The van der Waals surface area contributed by atoms with Crippen LogP contribution in [0.5, 0.6) is 0 Å². The Morgan fingerprint density at radius 1 is 1.43 bits per heavy atom. The molecule has 0 bridgehead atoms. The minimum atomic E-state index is 0.0764. The first kappa shape index (κ1) is 14.4. The Bertz CT molecular complexity index is 731. The van der Waals surface area contributed by atoms with E-state index in [9.17, 15) is 0 Å². The quantitative estimate of drug-likeness (QED) is 0.625. The Morgan fingerprint density at radius 3 is 3.00 bits per heavy atom. The Morgan fingerprint density at radius 2 is 2.24 bits per heavy atom. The van der Waals surface area contributed by atoms with Crippen LogP contribution >= 0.6 is 23.2 Å². The molecule has 2 aromatic rings. The van der Waals surface area contributed by atoms with Crippen LogP contribution < -0.4 is 4.90 Å². The van der Waals surface area contributed by atoms with Gasteiger partial charge in [0.2, 0.25) is 0 Å². The molecular weight excluding hydrogens is 306 g/mol. The molecule has 0 N–H and O–H groups in total. The van der Waals surface area contributed by atoms with Crippen LogP contribution in [0.15, 0.2) is 18.3 Å². The van der Waals surface area contributed by atoms with Crippen LogP contribution in [-0.2, 0) is 0 Å². The van der Waals surface area contributed by atoms with Crippen LogP contribution in [0.4, 0.5) is 5.69 Å². The first-order chi connectivity index (χ1) is 10.1. The van der Waals surface area contributed by atoms with Gasteiger partial charge in [-0.3, -0.25) is 0 Å². The van der Waals surface area contributed by atoms with Gasteiger partial charge in [0.15, 0.2) is 5.65 Å². The van der Waals surface area contributed by atoms with Crippen molar-refractivity contribution < 1.29 is 0 Å². The monoisotopic (exact) mass is 318 g/mol. The minimum Gasteiger partial charge on any atom is -0.371 e. The molecule has 1 saturated heterocycles. The maximum Gasteiger partial charge on any atom is 0.269 e. The van der Waals surface area contributed by atoms with E-state index < -0.39 is 0 Å². The van der Waals surface area contributed by atoms with Gasteiger partial charge in [0.1, 0.15) is 5.15 Å². The van der Waals surface area contributed by atoms with Crippen molar-refractivity contribution in [2.75, 3.05) is 18.0 Å². The maximum absolute atomic E-state index is 9.04. The SMILES string of the molecule is CB(C#N)C1CCN(c2cnc3nc(Cl)cc(Cl)c3c2)C1. The summed E-state index contributed by atoms with van der Waals surface area (Å²) in [7, 11) is 0. The molecule has 0 aliphatic carbocycles. The number of fused-ring (bicyclic) bond motifs is 1. The molecule has 21 heavy (non-hydrogen) atoms. The Balaban J connectivity index is 1.91. The third kappa shape index (κ3) is 2.79. The maximum atomic E-state index is 9.04. The lowest BCUT2D eigenvalue weighted by molar-refractivity contribution is 0.922. The molecule has 0 amide bonds. The molecule has 1 aliphatic heterocycles. The van der Waals surface area contributed by atoms with Gasteiger partial charge in [0.05, 0.1) is 16.9 Å². The van der Waals surface area contributed by atoms with Crippen LogP contribution in [-0.4, -0.2) is 29.8 Å². The van der Waals surface area contributed by atoms with Crippen LogP contribution in [0.2, 0.25) is 22.8 Å². The highest BCUT2D eigenvalue weighted by Crippen LogP contribution is 2.32. The number of pyridine rings is 2. The highest BCUT2D eigenvalue weighted by atomic mass is 35.5. The lowest BCUT2D eigenvalue weighted by Gasteiger charge is -2.19. The highest BCUT2D eigenvalue weighted by Gasteiger charge is 2.30. The van der Waals surface area contributed by atoms with Gasteiger partial charge in [0, 0.05) is 24.4 Å². The van der Waals surface area contributed by atoms with Gasteiger partial charge < -0.3 is 4.90 Å². The number of nitrogens with zero attached hydrogens (tertiary/aromatic N) is 4. The first-order valence-corrected chi connectivity index (χ1v) is 7.60. The lowest BCUT2D eigenvalue weighted by Crippen LogP contribution is -2.22. The molecule has 7 heteroatoms. The van der Waals surface area contributed by atoms with E-state index in [4.69, 9.17) is 28.5 Å². The molecule has 2 aromatic heterocycles. The molecule has 0 radical (unpaired) electrons. The lowest BCUT2D eigenvalue weighted by atomic mass is 9.44. The summed E-state index contributed by atoms with van der Waals surface area (Å²) in [6, 6.07) is 3.62. The van der Waals surface area contributed by atoms with Gasteiger partial charge in [-0.15, -0.1) is 0 Å². The number of anilines is 1. The summed E-state index contributed by atoms with van der Waals surface area (Å²) < 4.78 is 0. The second kappa shape index (κ2) is 5.71. The summed E-state index contributed by atoms with van der Waals surface area (Å²) in [5, 5.41) is 10.7. The predicted molar refractivity (Wildman–Crippen MR) is 87.4 cm³/mol. The molecule has 1 fully saturated rings. The van der Waals surface area contributed by atoms with Crippen LogP contribution in [0, 0.1) is 11.2 Å². The first-order valence-electron chi connectivity index (χ1n) is 6.85. The number of halogens is 2. The molecule has 0 spiro atoms. The van der Waals surface area contributed by atoms with Gasteiger partial charge in [-0.1, -0.05) is 30.0 Å². The fourth-order valence-corrected chi connectivity index (χ4v) is 3.22. The normalized spacial score (nSPS) is 18.0. The molecule has 0 saturated carbocycles. The topological polar surface area (TPSA) is 52.8 Å². The summed E-state index contributed by atoms with van der Waals surface area (Å²) in [6.45, 7) is 3.87. The average Bonchev–Trinajstić information content (AvgIpc) is 2.96. The van der Waals surface area contributed by atoms with Crippen LogP contribution in [0.25, 0.3) is 11.0 Å². The standard InChI is InChI=1S/C14H13BCl2N4/c1-15(8-18)9-2-3-21(7-9)10-4-11-12(16)5-13(17)20-14(11)19-6-10/h4-6,9H,2-3,7H2,1H3. The van der Waals surface area contributed by atoms with E-state index in [-0.39, 0.29) is 6.71 Å². The fourth-order valence-electron chi connectivity index (χ4n) is 2.74. The van der Waals surface area contributed by atoms with Crippen molar-refractivity contribution in [2.45, 2.75) is 19.1 Å². The zero-order valence-corrected chi connectivity index (χ0v) is 13.1. The van der Waals surface area contributed by atoms with E-state index in [2.05, 4.69) is 20.8 Å². The smallest absolute Gasteiger partial charge is 0.269 e. The summed E-state index contributed by atoms with van der Waals surface area (Å²) >= 11 is 12.1. The van der Waals surface area contributed by atoms with Crippen LogP contribution in [0.3, 0.4) is 0 Å². The second-order valence-electron chi connectivity index (χ2n) is 5.40. The largest absolute Gasteiger partial charge is 0.371 e. The Kier molecular flexibility index (Phi) is 3.92. The molecule has 1 aliphatic rings. The molecule has 106 valence electrons. The van der Waals surface area contributed by atoms with Gasteiger partial charge in [0.25, 0.3) is 6.71 Å². The van der Waals surface area contributed by atoms with E-state index in [0.717, 1.165) is 30.6 Å². The number of hydrogen-bond donors (Lipinski definition) is 0. The summed E-state index contributed by atoms with van der Waals surface area (Å²) in [5.74, 6) is 2.74. The van der Waals surface area contributed by atoms with Crippen molar-refractivity contribution in [1.82, 2.24) is 9.97 Å². The summed E-state index contributed by atoms with van der Waals surface area (Å²) in [4.78, 5) is 10.8. The number of nitriles is 1. The van der Waals surface area contributed by atoms with E-state index in [1.54, 1.807) is 12.3 Å². The Labute approximate surface area is 133 Å². The van der Waals surface area contributed by atoms with Gasteiger partial charge in [-0.2, -0.15) is 0 Å². The molecule has 3 rings (SSSR count). The molecule has 4 nitrogen and oxygen atoms in total. The van der Waals surface area contributed by atoms with Crippen molar-refractivity contribution >= 4 is 46.6 Å². The molecule has 1 atom stereocenters. The van der Waals surface area contributed by atoms with Gasteiger partial charge >= 0.3 is 0 Å². The second-order valence-corrected chi connectivity index (χ2v) is 6.20. The third-order valence-corrected chi connectivity index (χ3v) is 4.57. The number of rotatable bonds is 2. The van der Waals surface area contributed by atoms with Gasteiger partial charge in [-0.05, 0) is 24.4 Å². The van der Waals surface area contributed by atoms with E-state index in [1.807, 2.05) is 12.9 Å². The zero-order valence-electron chi connectivity index (χ0n) is 11.6. The Hall–Kier alpha value is -1.51. The van der Waals surface area contributed by atoms with Crippen LogP contribution in [0.1, 0.15) is 6.42 Å². The van der Waals surface area contributed by atoms with Crippen molar-refractivity contribution in [3.8, 4) is 5.97 Å². The number of hydrogen-bond acceptors (Lipinski definition) is 4. The predicted octanol–water partition coefficient (Wildman–Crippen LogP) is 3.70. The van der Waals surface area contributed by atoms with E-state index in [0.29, 0.717) is 21.6 Å². The summed E-state index contributed by atoms with van der Waals surface area (Å²) in [6.07, 6.45) is 2.82. The molecular formula is C14H13BCl2N4. The fraction of sp³-hybridized carbons (Fsp3) is 0.357. The third-order valence-electron chi connectivity index (χ3n) is 4.07. The van der Waals surface area contributed by atoms with E-state index in [1.165, 1.54) is 0 Å². The number of aromatic nitrogens is 2. The van der Waals surface area contributed by atoms with Crippen molar-refractivity contribution in [3.05, 3.63) is 28.5 Å². The average molecular weight is 319 g/mol. The van der Waals surface area contributed by atoms with Crippen molar-refractivity contribution in [3.63, 3.8) is 0 Å². The van der Waals surface area contributed by atoms with E-state index >= 15 is 0 Å². The molecule has 0 aromatic carbocycles. The van der Waals surface area contributed by atoms with Crippen molar-refractivity contribution in [2.24, 2.45) is 0 Å². The summed E-state index contributed by atoms with van der Waals surface area (Å²) in [5.41, 5.74) is 1.57. The minimum absolute atomic E-state index is 0.0764.